The lowest BCUT2D eigenvalue weighted by Crippen LogP contribution is -2.08. The molecule has 0 spiro atoms. The molecule has 0 bridgehead atoms. The lowest BCUT2D eigenvalue weighted by molar-refractivity contribution is -0.105. The minimum Gasteiger partial charge on any atom is -0.366 e. The lowest BCUT2D eigenvalue weighted by Gasteiger charge is -1.92. The molecule has 1 heterocycles. The Bertz CT molecular complexity index is 279. The number of anilines is 1. The summed E-state index contributed by atoms with van der Waals surface area (Å²) in [7, 11) is 0. The topological polar surface area (TPSA) is 62.0 Å². The summed E-state index contributed by atoms with van der Waals surface area (Å²) in [5.74, 6) is 0. The van der Waals surface area contributed by atoms with Crippen molar-refractivity contribution in [3.05, 3.63) is 28.7 Å². The summed E-state index contributed by atoms with van der Waals surface area (Å²) in [6.45, 7) is 0. The maximum Gasteiger partial charge on any atom is 0.211 e. The minimum atomic E-state index is -0.203. The molecule has 4 nitrogen and oxygen atoms in total. The molecule has 10 heavy (non-hydrogen) atoms. The van der Waals surface area contributed by atoms with Crippen molar-refractivity contribution in [2.45, 2.75) is 0 Å². The summed E-state index contributed by atoms with van der Waals surface area (Å²) < 4.78 is 0. The molecule has 0 saturated heterocycles. The number of hydrogen-bond donors (Lipinski definition) is 2. The van der Waals surface area contributed by atoms with Crippen LogP contribution in [0.15, 0.2) is 23.3 Å². The Morgan fingerprint density at radius 3 is 3.00 bits per heavy atom. The standard InChI is InChI=1S/C6H6N2O2/c9-4-8-5-3-7-2-1-6(5)10/h1-4H,(H,7,10)(H,8,9). The molecule has 0 saturated carbocycles. The maximum atomic E-state index is 10.8. The van der Waals surface area contributed by atoms with Crippen molar-refractivity contribution in [2.24, 2.45) is 0 Å². The third-order valence-corrected chi connectivity index (χ3v) is 1.04. The van der Waals surface area contributed by atoms with Crippen molar-refractivity contribution in [1.82, 2.24) is 4.98 Å². The second-order valence-corrected chi connectivity index (χ2v) is 1.68. The lowest BCUT2D eigenvalue weighted by atomic mass is 10.4. The van der Waals surface area contributed by atoms with Gasteiger partial charge in [0.05, 0.1) is 0 Å². The quantitative estimate of drug-likeness (QED) is 0.562. The Kier molecular flexibility index (Phi) is 1.84. The van der Waals surface area contributed by atoms with Crippen LogP contribution in [0.1, 0.15) is 0 Å². The molecule has 0 aromatic carbocycles. The van der Waals surface area contributed by atoms with E-state index < -0.39 is 0 Å². The van der Waals surface area contributed by atoms with Crippen LogP contribution in [-0.4, -0.2) is 11.4 Å². The summed E-state index contributed by atoms with van der Waals surface area (Å²) in [6, 6.07) is 1.34. The normalized spacial score (nSPS) is 8.80. The zero-order valence-corrected chi connectivity index (χ0v) is 5.13. The van der Waals surface area contributed by atoms with Crippen LogP contribution in [0, 0.1) is 0 Å². The number of pyridine rings is 1. The maximum absolute atomic E-state index is 10.8. The van der Waals surface area contributed by atoms with Crippen molar-refractivity contribution < 1.29 is 4.79 Å². The van der Waals surface area contributed by atoms with E-state index >= 15 is 0 Å². The highest BCUT2D eigenvalue weighted by atomic mass is 16.1. The average molecular weight is 138 g/mol. The van der Waals surface area contributed by atoms with Gasteiger partial charge >= 0.3 is 0 Å². The predicted molar refractivity (Wildman–Crippen MR) is 36.7 cm³/mol. The van der Waals surface area contributed by atoms with Gasteiger partial charge in [0.1, 0.15) is 5.69 Å². The number of H-pyrrole nitrogens is 1. The molecule has 1 amide bonds. The second-order valence-electron chi connectivity index (χ2n) is 1.68. The van der Waals surface area contributed by atoms with Crippen LogP contribution in [0.5, 0.6) is 0 Å². The molecule has 1 rings (SSSR count). The number of aromatic amines is 1. The predicted octanol–water partition coefficient (Wildman–Crippen LogP) is -0.0568. The molecule has 0 unspecified atom stereocenters. The van der Waals surface area contributed by atoms with E-state index in [1.54, 1.807) is 0 Å². The largest absolute Gasteiger partial charge is 0.366 e. The second kappa shape index (κ2) is 2.82. The van der Waals surface area contributed by atoms with E-state index in [1.807, 2.05) is 0 Å². The number of amides is 1. The van der Waals surface area contributed by atoms with E-state index in [0.717, 1.165) is 0 Å². The third kappa shape index (κ3) is 1.22. The first-order valence-electron chi connectivity index (χ1n) is 2.72. The molecule has 0 atom stereocenters. The summed E-state index contributed by atoms with van der Waals surface area (Å²) in [5.41, 5.74) is 0.0587. The Labute approximate surface area is 56.9 Å². The molecule has 2 N–H and O–H groups in total. The number of nitrogens with one attached hydrogen (secondary N) is 2. The van der Waals surface area contributed by atoms with E-state index in [0.29, 0.717) is 6.41 Å². The van der Waals surface area contributed by atoms with Gasteiger partial charge in [0, 0.05) is 18.5 Å². The Morgan fingerprint density at radius 2 is 2.40 bits per heavy atom. The summed E-state index contributed by atoms with van der Waals surface area (Å²) in [5, 5.41) is 2.25. The van der Waals surface area contributed by atoms with Gasteiger partial charge in [0.25, 0.3) is 0 Å². The van der Waals surface area contributed by atoms with E-state index in [-0.39, 0.29) is 11.1 Å². The number of carbonyl (C=O) groups is 1. The first-order chi connectivity index (χ1) is 4.84. The Balaban J connectivity index is 3.03. The van der Waals surface area contributed by atoms with Crippen LogP contribution in [-0.2, 0) is 4.79 Å². The first-order valence-corrected chi connectivity index (χ1v) is 2.72. The fraction of sp³-hybridized carbons (Fsp3) is 0. The van der Waals surface area contributed by atoms with Gasteiger partial charge in [0.15, 0.2) is 0 Å². The number of carbonyl (C=O) groups excluding carboxylic acids is 1. The zero-order chi connectivity index (χ0) is 7.40. The van der Waals surface area contributed by atoms with Crippen molar-refractivity contribution in [1.29, 1.82) is 0 Å². The molecule has 4 heteroatoms. The highest BCUT2D eigenvalue weighted by Crippen LogP contribution is 1.90. The van der Waals surface area contributed by atoms with E-state index in [9.17, 15) is 9.59 Å². The highest BCUT2D eigenvalue weighted by molar-refractivity contribution is 5.70. The van der Waals surface area contributed by atoms with Crippen LogP contribution in [0.2, 0.25) is 0 Å². The van der Waals surface area contributed by atoms with Crippen molar-refractivity contribution in [3.63, 3.8) is 0 Å². The van der Waals surface area contributed by atoms with Gasteiger partial charge in [-0.1, -0.05) is 0 Å². The molecule has 52 valence electrons. The Morgan fingerprint density at radius 1 is 1.60 bits per heavy atom. The summed E-state index contributed by atoms with van der Waals surface area (Å²) in [6.07, 6.45) is 3.39. The van der Waals surface area contributed by atoms with Crippen LogP contribution in [0.4, 0.5) is 5.69 Å². The number of aromatic nitrogens is 1. The number of hydrogen-bond acceptors (Lipinski definition) is 2. The van der Waals surface area contributed by atoms with Crippen LogP contribution in [0.25, 0.3) is 0 Å². The van der Waals surface area contributed by atoms with Gasteiger partial charge < -0.3 is 10.3 Å². The van der Waals surface area contributed by atoms with E-state index in [2.05, 4.69) is 10.3 Å². The molecule has 0 fully saturated rings. The molecular weight excluding hydrogens is 132 g/mol. The summed E-state index contributed by atoms with van der Waals surface area (Å²) >= 11 is 0. The molecule has 0 aliphatic rings. The molecule has 0 aliphatic heterocycles. The smallest absolute Gasteiger partial charge is 0.211 e. The zero-order valence-electron chi connectivity index (χ0n) is 5.13. The minimum absolute atomic E-state index is 0.203. The van der Waals surface area contributed by atoms with E-state index in [4.69, 9.17) is 0 Å². The SMILES string of the molecule is O=CNc1c[nH]ccc1=O. The van der Waals surface area contributed by atoms with Gasteiger partial charge in [-0.3, -0.25) is 9.59 Å². The molecule has 1 aromatic rings. The third-order valence-electron chi connectivity index (χ3n) is 1.04. The monoisotopic (exact) mass is 138 g/mol. The highest BCUT2D eigenvalue weighted by Gasteiger charge is 1.91. The van der Waals surface area contributed by atoms with Gasteiger partial charge in [-0.15, -0.1) is 0 Å². The van der Waals surface area contributed by atoms with Gasteiger partial charge in [-0.2, -0.15) is 0 Å². The molecule has 1 aromatic heterocycles. The fourth-order valence-corrected chi connectivity index (χ4v) is 0.592. The Hall–Kier alpha value is -1.58. The van der Waals surface area contributed by atoms with Crippen molar-refractivity contribution in [2.75, 3.05) is 5.32 Å². The van der Waals surface area contributed by atoms with Crippen LogP contribution in [0.3, 0.4) is 0 Å². The fourth-order valence-electron chi connectivity index (χ4n) is 0.592. The average Bonchev–Trinajstić information content (AvgIpc) is 1.94. The first kappa shape index (κ1) is 6.54. The van der Waals surface area contributed by atoms with Crippen LogP contribution < -0.4 is 10.7 Å². The van der Waals surface area contributed by atoms with Gasteiger partial charge in [0.2, 0.25) is 11.8 Å². The van der Waals surface area contributed by atoms with Crippen LogP contribution >= 0.6 is 0 Å². The number of rotatable bonds is 2. The van der Waals surface area contributed by atoms with Gasteiger partial charge in [-0.05, 0) is 0 Å². The molecular formula is C6H6N2O2. The van der Waals surface area contributed by atoms with E-state index in [1.165, 1.54) is 18.5 Å². The van der Waals surface area contributed by atoms with Gasteiger partial charge in [-0.25, -0.2) is 0 Å². The molecule has 0 radical (unpaired) electrons. The van der Waals surface area contributed by atoms with Crippen molar-refractivity contribution >= 4 is 12.1 Å². The van der Waals surface area contributed by atoms with Crippen molar-refractivity contribution in [3.8, 4) is 0 Å². The molecule has 0 aliphatic carbocycles. The summed E-state index contributed by atoms with van der Waals surface area (Å²) in [4.78, 5) is 23.3.